The minimum absolute atomic E-state index is 0.0512. The lowest BCUT2D eigenvalue weighted by molar-refractivity contribution is 0.379. The molecular weight excluding hydrogens is 496 g/mol. The van der Waals surface area contributed by atoms with Crippen molar-refractivity contribution < 1.29 is 17.9 Å². The monoisotopic (exact) mass is 516 g/mol. The van der Waals surface area contributed by atoms with Crippen molar-refractivity contribution in [2.45, 2.75) is 18.6 Å². The van der Waals surface area contributed by atoms with Crippen LogP contribution in [0, 0.1) is 0 Å². The van der Waals surface area contributed by atoms with Gasteiger partial charge in [0.05, 0.1) is 24.5 Å². The van der Waals surface area contributed by atoms with Gasteiger partial charge < -0.3 is 9.47 Å². The van der Waals surface area contributed by atoms with Crippen LogP contribution in [0.15, 0.2) is 49.2 Å². The van der Waals surface area contributed by atoms with Crippen LogP contribution in [0.2, 0.25) is 5.02 Å². The Labute approximate surface area is 206 Å². The van der Waals surface area contributed by atoms with Crippen molar-refractivity contribution in [1.29, 1.82) is 0 Å². The molecule has 0 bridgehead atoms. The fraction of sp³-hybridized carbons (Fsp3) is 0.238. The fourth-order valence-electron chi connectivity index (χ4n) is 3.22. The third-order valence-electron chi connectivity index (χ3n) is 4.98. The number of nitrogens with one attached hydrogen (secondary N) is 1. The van der Waals surface area contributed by atoms with Crippen molar-refractivity contribution >= 4 is 27.6 Å². The maximum absolute atomic E-state index is 13.2. The van der Waals surface area contributed by atoms with Gasteiger partial charge in [0.25, 0.3) is 0 Å². The van der Waals surface area contributed by atoms with Crippen molar-refractivity contribution in [3.8, 4) is 28.7 Å². The average molecular weight is 517 g/mol. The summed E-state index contributed by atoms with van der Waals surface area (Å²) in [6, 6.07) is 5.11. The molecule has 4 aromatic heterocycles. The first-order valence-electron chi connectivity index (χ1n) is 10.2. The second kappa shape index (κ2) is 10.2. The molecule has 0 spiro atoms. The Morgan fingerprint density at radius 3 is 2.49 bits per heavy atom. The summed E-state index contributed by atoms with van der Waals surface area (Å²) in [5, 5.41) is 7.78. The Kier molecular flexibility index (Phi) is 7.07. The van der Waals surface area contributed by atoms with Gasteiger partial charge in [0, 0.05) is 49.0 Å². The molecule has 0 saturated heterocycles. The Hall–Kier alpha value is -3.84. The number of sulfonamides is 1. The van der Waals surface area contributed by atoms with Gasteiger partial charge in [0.15, 0.2) is 11.5 Å². The summed E-state index contributed by atoms with van der Waals surface area (Å²) < 4.78 is 41.4. The lowest BCUT2D eigenvalue weighted by Crippen LogP contribution is -2.29. The van der Waals surface area contributed by atoms with Crippen LogP contribution in [-0.2, 0) is 16.4 Å². The second-order valence-electron chi connectivity index (χ2n) is 7.27. The smallest absolute Gasteiger partial charge is 0.243 e. The van der Waals surface area contributed by atoms with Crippen molar-refractivity contribution in [3.05, 3.63) is 60.0 Å². The van der Waals surface area contributed by atoms with E-state index in [1.165, 1.54) is 44.3 Å². The minimum Gasteiger partial charge on any atom is -0.494 e. The minimum atomic E-state index is -3.96. The molecule has 4 rings (SSSR count). The number of nitrogens with zero attached hydrogens (tertiary/aromatic N) is 7. The van der Waals surface area contributed by atoms with Gasteiger partial charge in [-0.3, -0.25) is 14.3 Å². The third-order valence-corrected chi connectivity index (χ3v) is 6.87. The zero-order chi connectivity index (χ0) is 25.0. The van der Waals surface area contributed by atoms with Crippen LogP contribution in [0.5, 0.6) is 11.6 Å². The molecule has 0 aromatic carbocycles. The molecule has 0 aliphatic heterocycles. The molecule has 0 fully saturated rings. The lowest BCUT2D eigenvalue weighted by atomic mass is 10.2. The van der Waals surface area contributed by atoms with E-state index in [0.717, 1.165) is 0 Å². The molecule has 0 radical (unpaired) electrons. The molecule has 1 N–H and O–H groups in total. The van der Waals surface area contributed by atoms with E-state index >= 15 is 0 Å². The molecule has 4 heterocycles. The predicted molar refractivity (Wildman–Crippen MR) is 128 cm³/mol. The number of halogens is 1. The normalized spacial score (nSPS) is 12.2. The Bertz CT molecular complexity index is 1390. The highest BCUT2D eigenvalue weighted by Gasteiger charge is 2.29. The van der Waals surface area contributed by atoms with E-state index in [0.29, 0.717) is 33.7 Å². The van der Waals surface area contributed by atoms with E-state index in [1.54, 1.807) is 30.6 Å². The molecule has 0 aliphatic carbocycles. The molecule has 4 aromatic rings. The lowest BCUT2D eigenvalue weighted by Gasteiger charge is -2.18. The topological polar surface area (TPSA) is 147 Å². The molecule has 0 saturated carbocycles. The molecule has 182 valence electrons. The molecule has 35 heavy (non-hydrogen) atoms. The van der Waals surface area contributed by atoms with Gasteiger partial charge >= 0.3 is 0 Å². The first-order chi connectivity index (χ1) is 16.8. The predicted octanol–water partition coefficient (Wildman–Crippen LogP) is 2.56. The standard InChI is InChI=1S/C21H21ClN8O4S/c1-13(9-17-25-11-15(22)12-26-17)35(31,32)29-21-28-27-19(14-5-4-7-23-10-14)30(21)18-16(33-2)6-8-24-20(18)34-3/h4-8,10-13H,9H2,1-3H3,(H,28,29)/t13-/m1/s1. The second-order valence-corrected chi connectivity index (χ2v) is 9.81. The van der Waals surface area contributed by atoms with Crippen LogP contribution in [0.4, 0.5) is 5.95 Å². The summed E-state index contributed by atoms with van der Waals surface area (Å²) in [7, 11) is -1.05. The number of rotatable bonds is 9. The average Bonchev–Trinajstić information content (AvgIpc) is 3.27. The number of methoxy groups -OCH3 is 2. The van der Waals surface area contributed by atoms with Crippen molar-refractivity contribution in [2.75, 3.05) is 18.9 Å². The number of anilines is 1. The Morgan fingerprint density at radius 1 is 1.06 bits per heavy atom. The van der Waals surface area contributed by atoms with E-state index in [2.05, 4.69) is 34.9 Å². The third kappa shape index (κ3) is 5.15. The molecule has 12 nitrogen and oxygen atoms in total. The summed E-state index contributed by atoms with van der Waals surface area (Å²) in [4.78, 5) is 16.5. The number of hydrogen-bond acceptors (Lipinski definition) is 10. The quantitative estimate of drug-likeness (QED) is 0.352. The van der Waals surface area contributed by atoms with Gasteiger partial charge in [-0.1, -0.05) is 11.6 Å². The highest BCUT2D eigenvalue weighted by molar-refractivity contribution is 7.93. The molecule has 14 heteroatoms. The van der Waals surface area contributed by atoms with E-state index in [9.17, 15) is 8.42 Å². The van der Waals surface area contributed by atoms with Gasteiger partial charge in [0.1, 0.15) is 11.6 Å². The summed E-state index contributed by atoms with van der Waals surface area (Å²) in [5.41, 5.74) is 0.897. The number of hydrogen-bond donors (Lipinski definition) is 1. The first kappa shape index (κ1) is 24.3. The largest absolute Gasteiger partial charge is 0.494 e. The summed E-state index contributed by atoms with van der Waals surface area (Å²) >= 11 is 5.82. The zero-order valence-corrected chi connectivity index (χ0v) is 20.5. The van der Waals surface area contributed by atoms with E-state index in [4.69, 9.17) is 21.1 Å². The highest BCUT2D eigenvalue weighted by atomic mass is 35.5. The van der Waals surface area contributed by atoms with Crippen LogP contribution < -0.4 is 14.2 Å². The molecule has 0 aliphatic rings. The van der Waals surface area contributed by atoms with Crippen LogP contribution in [0.25, 0.3) is 17.1 Å². The molecule has 0 amide bonds. The van der Waals surface area contributed by atoms with Crippen molar-refractivity contribution in [1.82, 2.24) is 34.7 Å². The summed E-state index contributed by atoms with van der Waals surface area (Å²) in [6.07, 6.45) is 7.57. The number of pyridine rings is 2. The van der Waals surface area contributed by atoms with Crippen LogP contribution in [0.3, 0.4) is 0 Å². The van der Waals surface area contributed by atoms with E-state index in [-0.39, 0.29) is 18.2 Å². The summed E-state index contributed by atoms with van der Waals surface area (Å²) in [6.45, 7) is 1.54. The van der Waals surface area contributed by atoms with Gasteiger partial charge in [-0.05, 0) is 19.1 Å². The fourth-order valence-corrected chi connectivity index (χ4v) is 4.28. The summed E-state index contributed by atoms with van der Waals surface area (Å²) in [5.74, 6) is 1.09. The SMILES string of the molecule is COc1ccnc(OC)c1-n1c(NS(=O)(=O)[C@H](C)Cc2ncc(Cl)cn2)nnc1-c1cccnc1. The van der Waals surface area contributed by atoms with E-state index < -0.39 is 15.3 Å². The Balaban J connectivity index is 1.79. The number of ether oxygens (including phenoxy) is 2. The molecule has 1 atom stereocenters. The van der Waals surface area contributed by atoms with Crippen LogP contribution in [-0.4, -0.2) is 62.6 Å². The van der Waals surface area contributed by atoms with Crippen molar-refractivity contribution in [2.24, 2.45) is 0 Å². The van der Waals surface area contributed by atoms with Gasteiger partial charge in [-0.15, -0.1) is 10.2 Å². The van der Waals surface area contributed by atoms with Gasteiger partial charge in [0.2, 0.25) is 21.9 Å². The maximum atomic E-state index is 13.2. The van der Waals surface area contributed by atoms with Crippen LogP contribution in [0.1, 0.15) is 12.7 Å². The zero-order valence-electron chi connectivity index (χ0n) is 19.0. The van der Waals surface area contributed by atoms with Gasteiger partial charge in [-0.25, -0.2) is 23.4 Å². The van der Waals surface area contributed by atoms with Gasteiger partial charge in [-0.2, -0.15) is 0 Å². The van der Waals surface area contributed by atoms with Crippen molar-refractivity contribution in [3.63, 3.8) is 0 Å². The van der Waals surface area contributed by atoms with Crippen LogP contribution >= 0.6 is 11.6 Å². The molecular formula is C21H21ClN8O4S. The maximum Gasteiger partial charge on any atom is 0.243 e. The Morgan fingerprint density at radius 2 is 1.83 bits per heavy atom. The molecule has 0 unspecified atom stereocenters. The first-order valence-corrected chi connectivity index (χ1v) is 12.2. The highest BCUT2D eigenvalue weighted by Crippen LogP contribution is 2.36. The number of aromatic nitrogens is 7. The van der Waals surface area contributed by atoms with E-state index in [1.807, 2.05) is 0 Å².